The SMILES string of the molecule is Cc1ncc(-n2nccc2C2CCN(C(=O)C(C)(O)C(F)(F)F)CC2)s1. The van der Waals surface area contributed by atoms with Crippen molar-refractivity contribution in [1.29, 1.82) is 0 Å². The molecule has 2 aromatic heterocycles. The third kappa shape index (κ3) is 3.35. The van der Waals surface area contributed by atoms with Crippen LogP contribution in [0.2, 0.25) is 0 Å². The van der Waals surface area contributed by atoms with Crippen LogP contribution in [0.25, 0.3) is 5.00 Å². The summed E-state index contributed by atoms with van der Waals surface area (Å²) in [5.41, 5.74) is -2.41. The molecule has 3 heterocycles. The summed E-state index contributed by atoms with van der Waals surface area (Å²) in [5.74, 6) is -1.23. The fraction of sp³-hybridized carbons (Fsp3) is 0.562. The standard InChI is InChI=1S/C16H19F3N4O2S/c1-10-20-9-13(26-10)23-12(3-6-21-23)11-4-7-22(8-5-11)14(24)15(2,25)16(17,18)19/h3,6,9,11,25H,4-5,7-8H2,1-2H3. The van der Waals surface area contributed by atoms with E-state index in [0.717, 1.165) is 20.6 Å². The monoisotopic (exact) mass is 388 g/mol. The maximum Gasteiger partial charge on any atom is 0.426 e. The summed E-state index contributed by atoms with van der Waals surface area (Å²) in [4.78, 5) is 17.4. The van der Waals surface area contributed by atoms with E-state index in [1.165, 1.54) is 11.3 Å². The number of piperidine rings is 1. The summed E-state index contributed by atoms with van der Waals surface area (Å²) in [6.45, 7) is 2.71. The zero-order valence-corrected chi connectivity index (χ0v) is 15.1. The summed E-state index contributed by atoms with van der Waals surface area (Å²) in [5, 5.41) is 15.7. The van der Waals surface area contributed by atoms with Gasteiger partial charge in [0.15, 0.2) is 0 Å². The molecule has 1 saturated heterocycles. The average molecular weight is 388 g/mol. The molecular weight excluding hydrogens is 369 g/mol. The van der Waals surface area contributed by atoms with Crippen LogP contribution in [0.5, 0.6) is 0 Å². The van der Waals surface area contributed by atoms with Gasteiger partial charge in [-0.15, -0.1) is 0 Å². The highest BCUT2D eigenvalue weighted by Crippen LogP contribution is 2.35. The Kier molecular flexibility index (Phi) is 4.82. The Morgan fingerprint density at radius 3 is 2.54 bits per heavy atom. The number of thiazole rings is 1. The van der Waals surface area contributed by atoms with E-state index in [9.17, 15) is 23.1 Å². The molecule has 0 spiro atoms. The normalized spacial score (nSPS) is 18.8. The van der Waals surface area contributed by atoms with Gasteiger partial charge in [-0.25, -0.2) is 9.67 Å². The molecular formula is C16H19F3N4O2S. The largest absolute Gasteiger partial charge is 0.426 e. The van der Waals surface area contributed by atoms with Crippen LogP contribution in [0.15, 0.2) is 18.5 Å². The van der Waals surface area contributed by atoms with Gasteiger partial charge in [0.1, 0.15) is 5.00 Å². The second-order valence-electron chi connectivity index (χ2n) is 6.52. The van der Waals surface area contributed by atoms with Crippen molar-refractivity contribution < 1.29 is 23.1 Å². The fourth-order valence-electron chi connectivity index (χ4n) is 3.06. The van der Waals surface area contributed by atoms with E-state index in [0.29, 0.717) is 19.8 Å². The van der Waals surface area contributed by atoms with E-state index in [4.69, 9.17) is 0 Å². The number of amides is 1. The van der Waals surface area contributed by atoms with E-state index in [2.05, 4.69) is 10.1 Å². The van der Waals surface area contributed by atoms with Crippen molar-refractivity contribution in [3.05, 3.63) is 29.2 Å². The number of aliphatic hydroxyl groups is 1. The molecule has 0 bridgehead atoms. The van der Waals surface area contributed by atoms with Gasteiger partial charge in [-0.05, 0) is 32.8 Å². The minimum atomic E-state index is -5.00. The quantitative estimate of drug-likeness (QED) is 0.878. The smallest absolute Gasteiger partial charge is 0.373 e. The maximum absolute atomic E-state index is 12.9. The number of aromatic nitrogens is 3. The van der Waals surface area contributed by atoms with Crippen molar-refractivity contribution in [2.75, 3.05) is 13.1 Å². The summed E-state index contributed by atoms with van der Waals surface area (Å²) < 4.78 is 40.4. The Morgan fingerprint density at radius 2 is 2.00 bits per heavy atom. The third-order valence-corrected chi connectivity index (χ3v) is 5.55. The molecule has 0 aromatic carbocycles. The van der Waals surface area contributed by atoms with E-state index < -0.39 is 17.7 Å². The maximum atomic E-state index is 12.9. The first-order chi connectivity index (χ1) is 12.1. The highest BCUT2D eigenvalue weighted by atomic mass is 32.1. The van der Waals surface area contributed by atoms with Gasteiger partial charge in [-0.1, -0.05) is 11.3 Å². The number of hydrogen-bond acceptors (Lipinski definition) is 5. The average Bonchev–Trinajstić information content (AvgIpc) is 3.21. The molecule has 26 heavy (non-hydrogen) atoms. The molecule has 142 valence electrons. The predicted molar refractivity (Wildman–Crippen MR) is 89.2 cm³/mol. The molecule has 0 radical (unpaired) electrons. The van der Waals surface area contributed by atoms with Crippen LogP contribution >= 0.6 is 11.3 Å². The number of likely N-dealkylation sites (tertiary alicyclic amines) is 1. The Balaban J connectivity index is 1.70. The topological polar surface area (TPSA) is 71.2 Å². The molecule has 1 N–H and O–H groups in total. The van der Waals surface area contributed by atoms with E-state index >= 15 is 0 Å². The highest BCUT2D eigenvalue weighted by molar-refractivity contribution is 7.14. The zero-order valence-electron chi connectivity index (χ0n) is 14.3. The van der Waals surface area contributed by atoms with Crippen LogP contribution in [0.1, 0.15) is 36.4 Å². The zero-order chi connectivity index (χ0) is 19.1. The van der Waals surface area contributed by atoms with Crippen molar-refractivity contribution in [2.24, 2.45) is 0 Å². The van der Waals surface area contributed by atoms with Crippen LogP contribution in [0, 0.1) is 6.92 Å². The van der Waals surface area contributed by atoms with Gasteiger partial charge in [-0.2, -0.15) is 18.3 Å². The number of carbonyl (C=O) groups excluding carboxylic acids is 1. The second kappa shape index (κ2) is 6.66. The van der Waals surface area contributed by atoms with Gasteiger partial charge in [0, 0.05) is 30.9 Å². The summed E-state index contributed by atoms with van der Waals surface area (Å²) >= 11 is 1.50. The second-order valence-corrected chi connectivity index (χ2v) is 7.74. The lowest BCUT2D eigenvalue weighted by atomic mass is 9.92. The minimum Gasteiger partial charge on any atom is -0.373 e. The van der Waals surface area contributed by atoms with Crippen molar-refractivity contribution in [2.45, 2.75) is 44.4 Å². The summed E-state index contributed by atoms with van der Waals surface area (Å²) in [6.07, 6.45) is -0.581. The minimum absolute atomic E-state index is 0.0693. The molecule has 2 aromatic rings. The first kappa shape index (κ1) is 18.8. The van der Waals surface area contributed by atoms with Crippen molar-refractivity contribution in [3.63, 3.8) is 0 Å². The Morgan fingerprint density at radius 1 is 1.35 bits per heavy atom. The number of halogens is 3. The van der Waals surface area contributed by atoms with E-state index in [1.807, 2.05) is 13.0 Å². The molecule has 1 aliphatic heterocycles. The number of hydrogen-bond donors (Lipinski definition) is 1. The van der Waals surface area contributed by atoms with Crippen molar-refractivity contribution in [3.8, 4) is 5.00 Å². The number of rotatable bonds is 3. The number of aryl methyl sites for hydroxylation is 1. The lowest BCUT2D eigenvalue weighted by molar-refractivity contribution is -0.250. The number of alkyl halides is 3. The fourth-order valence-corrected chi connectivity index (χ4v) is 3.81. The van der Waals surface area contributed by atoms with Crippen LogP contribution < -0.4 is 0 Å². The van der Waals surface area contributed by atoms with Gasteiger partial charge in [-0.3, -0.25) is 4.79 Å². The first-order valence-electron chi connectivity index (χ1n) is 8.16. The van der Waals surface area contributed by atoms with Gasteiger partial charge in [0.05, 0.1) is 11.2 Å². The Labute approximate surface area is 152 Å². The van der Waals surface area contributed by atoms with E-state index in [-0.39, 0.29) is 19.0 Å². The summed E-state index contributed by atoms with van der Waals surface area (Å²) in [7, 11) is 0. The van der Waals surface area contributed by atoms with E-state index in [1.54, 1.807) is 17.1 Å². The van der Waals surface area contributed by atoms with Gasteiger partial charge in [0.2, 0.25) is 5.60 Å². The lowest BCUT2D eigenvalue weighted by Gasteiger charge is -2.36. The number of nitrogens with zero attached hydrogens (tertiary/aromatic N) is 4. The van der Waals surface area contributed by atoms with Crippen LogP contribution in [-0.4, -0.2) is 55.5 Å². The molecule has 3 rings (SSSR count). The molecule has 1 fully saturated rings. The van der Waals surface area contributed by atoms with Crippen LogP contribution in [0.4, 0.5) is 13.2 Å². The third-order valence-electron chi connectivity index (χ3n) is 4.66. The van der Waals surface area contributed by atoms with Crippen molar-refractivity contribution in [1.82, 2.24) is 19.7 Å². The molecule has 10 heteroatoms. The first-order valence-corrected chi connectivity index (χ1v) is 8.98. The van der Waals surface area contributed by atoms with Gasteiger partial charge < -0.3 is 10.0 Å². The van der Waals surface area contributed by atoms with Crippen LogP contribution in [0.3, 0.4) is 0 Å². The molecule has 1 amide bonds. The number of carbonyl (C=O) groups is 1. The predicted octanol–water partition coefficient (Wildman–Crippen LogP) is 2.66. The van der Waals surface area contributed by atoms with Crippen LogP contribution in [-0.2, 0) is 4.79 Å². The molecule has 1 unspecified atom stereocenters. The summed E-state index contributed by atoms with van der Waals surface area (Å²) in [6, 6.07) is 1.88. The Hall–Kier alpha value is -1.94. The molecule has 0 saturated carbocycles. The molecule has 0 aliphatic carbocycles. The Bertz CT molecular complexity index is 792. The molecule has 1 aliphatic rings. The lowest BCUT2D eigenvalue weighted by Crippen LogP contribution is -2.57. The highest BCUT2D eigenvalue weighted by Gasteiger charge is 2.57. The van der Waals surface area contributed by atoms with Gasteiger partial charge >= 0.3 is 6.18 Å². The molecule has 6 nitrogen and oxygen atoms in total. The van der Waals surface area contributed by atoms with Gasteiger partial charge in [0.25, 0.3) is 5.91 Å². The van der Waals surface area contributed by atoms with Crippen molar-refractivity contribution >= 4 is 17.2 Å². The molecule has 1 atom stereocenters.